The van der Waals surface area contributed by atoms with Crippen molar-refractivity contribution >= 4 is 49.8 Å². The van der Waals surface area contributed by atoms with Gasteiger partial charge in [-0.15, -0.1) is 22.7 Å². The topological polar surface area (TPSA) is 89.5 Å². The highest BCUT2D eigenvalue weighted by molar-refractivity contribution is 7.21. The maximum atomic E-state index is 11.7. The number of carbonyl (C=O) groups excluding carboxylic acids is 2. The van der Waals surface area contributed by atoms with Gasteiger partial charge in [0, 0.05) is 11.6 Å². The van der Waals surface area contributed by atoms with Gasteiger partial charge in [0.2, 0.25) is 5.91 Å². The molecule has 0 aliphatic carbocycles. The number of nitrogens with one attached hydrogen (secondary N) is 1. The number of carbonyl (C=O) groups is 2. The second-order valence-electron chi connectivity index (χ2n) is 3.62. The van der Waals surface area contributed by atoms with Gasteiger partial charge in [-0.3, -0.25) is 14.0 Å². The zero-order valence-corrected chi connectivity index (χ0v) is 10.7. The third kappa shape index (κ3) is 1.75. The van der Waals surface area contributed by atoms with E-state index in [1.165, 1.54) is 11.3 Å². The Labute approximate surface area is 109 Å². The van der Waals surface area contributed by atoms with Crippen molar-refractivity contribution in [3.05, 3.63) is 22.5 Å². The molecule has 3 rings (SSSR count). The van der Waals surface area contributed by atoms with Crippen molar-refractivity contribution in [2.24, 2.45) is 5.73 Å². The van der Waals surface area contributed by atoms with E-state index in [2.05, 4.69) is 10.3 Å². The summed E-state index contributed by atoms with van der Waals surface area (Å²) in [5, 5.41) is 4.39. The highest BCUT2D eigenvalue weighted by Gasteiger charge is 2.14. The van der Waals surface area contributed by atoms with Crippen LogP contribution in [0.3, 0.4) is 0 Å². The summed E-state index contributed by atoms with van der Waals surface area (Å²) in [6, 6.07) is 1.77. The van der Waals surface area contributed by atoms with Crippen molar-refractivity contribution in [3.63, 3.8) is 0 Å². The molecule has 0 saturated carbocycles. The summed E-state index contributed by atoms with van der Waals surface area (Å²) < 4.78 is 1.93. The fourth-order valence-electron chi connectivity index (χ4n) is 1.61. The minimum absolute atomic E-state index is 0.157. The molecular weight excluding hydrogens is 272 g/mol. The van der Waals surface area contributed by atoms with Crippen molar-refractivity contribution < 1.29 is 9.59 Å². The number of amides is 2. The number of imidazole rings is 1. The van der Waals surface area contributed by atoms with Gasteiger partial charge in [0.05, 0.1) is 16.9 Å². The molecule has 0 aliphatic rings. The maximum Gasteiger partial charge on any atom is 0.261 e. The van der Waals surface area contributed by atoms with Crippen molar-refractivity contribution in [2.75, 3.05) is 6.54 Å². The molecule has 0 spiro atoms. The molecule has 8 heteroatoms. The molecule has 0 unspecified atom stereocenters. The Morgan fingerprint density at radius 3 is 3.11 bits per heavy atom. The number of fused-ring (bicyclic) bond motifs is 3. The average molecular weight is 280 g/mol. The summed E-state index contributed by atoms with van der Waals surface area (Å²) in [4.78, 5) is 29.0. The molecule has 18 heavy (non-hydrogen) atoms. The molecule has 3 aromatic heterocycles. The number of primary amides is 1. The Hall–Kier alpha value is -1.93. The van der Waals surface area contributed by atoms with Crippen molar-refractivity contribution in [1.29, 1.82) is 0 Å². The molecule has 0 radical (unpaired) electrons. The fraction of sp³-hybridized carbons (Fsp3) is 0.100. The monoisotopic (exact) mass is 280 g/mol. The quantitative estimate of drug-likeness (QED) is 0.744. The van der Waals surface area contributed by atoms with Gasteiger partial charge in [0.1, 0.15) is 4.83 Å². The van der Waals surface area contributed by atoms with Gasteiger partial charge in [-0.2, -0.15) is 0 Å². The zero-order valence-electron chi connectivity index (χ0n) is 9.04. The lowest BCUT2D eigenvalue weighted by Crippen LogP contribution is -2.32. The average Bonchev–Trinajstić information content (AvgIpc) is 2.95. The van der Waals surface area contributed by atoms with Gasteiger partial charge in [-0.05, 0) is 6.07 Å². The van der Waals surface area contributed by atoms with E-state index in [0.717, 1.165) is 15.3 Å². The fourth-order valence-corrected chi connectivity index (χ4v) is 3.33. The van der Waals surface area contributed by atoms with Crippen LogP contribution < -0.4 is 11.1 Å². The number of nitrogens with zero attached hydrogens (tertiary/aromatic N) is 2. The van der Waals surface area contributed by atoms with Crippen LogP contribution in [0.25, 0.3) is 15.3 Å². The summed E-state index contributed by atoms with van der Waals surface area (Å²) in [6.45, 7) is -0.157. The van der Waals surface area contributed by atoms with E-state index < -0.39 is 5.91 Å². The Morgan fingerprint density at radius 2 is 2.33 bits per heavy atom. The van der Waals surface area contributed by atoms with Crippen LogP contribution in [0.5, 0.6) is 0 Å². The van der Waals surface area contributed by atoms with Gasteiger partial charge in [-0.25, -0.2) is 4.98 Å². The van der Waals surface area contributed by atoms with E-state index >= 15 is 0 Å². The third-order valence-electron chi connectivity index (χ3n) is 2.39. The minimum atomic E-state index is -0.563. The normalized spacial score (nSPS) is 11.1. The number of hydrogen-bond donors (Lipinski definition) is 2. The number of hydrogen-bond acceptors (Lipinski definition) is 5. The second-order valence-corrected chi connectivity index (χ2v) is 5.52. The molecule has 0 aromatic carbocycles. The van der Waals surface area contributed by atoms with E-state index in [1.807, 2.05) is 16.0 Å². The van der Waals surface area contributed by atoms with Crippen LogP contribution in [-0.2, 0) is 4.79 Å². The summed E-state index contributed by atoms with van der Waals surface area (Å²) in [5.41, 5.74) is 5.87. The Bertz CT molecular complexity index is 754. The van der Waals surface area contributed by atoms with Crippen LogP contribution >= 0.6 is 22.7 Å². The second kappa shape index (κ2) is 4.07. The van der Waals surface area contributed by atoms with Gasteiger partial charge in [0.15, 0.2) is 4.96 Å². The van der Waals surface area contributed by atoms with Crippen LogP contribution in [0.4, 0.5) is 0 Å². The molecule has 0 saturated heterocycles. The molecule has 3 N–H and O–H groups in total. The first-order valence-corrected chi connectivity index (χ1v) is 6.76. The lowest BCUT2D eigenvalue weighted by Gasteiger charge is -1.98. The van der Waals surface area contributed by atoms with Crippen molar-refractivity contribution in [2.45, 2.75) is 0 Å². The standard InChI is InChI=1S/C10H8N4O2S2/c11-7(15)4-12-8(16)6-3-5-9(18-6)13-10-14(5)1-2-17-10/h1-3H,4H2,(H2,11,15)(H,12,16). The molecule has 0 atom stereocenters. The van der Waals surface area contributed by atoms with Crippen molar-refractivity contribution in [1.82, 2.24) is 14.7 Å². The molecule has 3 aromatic rings. The minimum Gasteiger partial charge on any atom is -0.368 e. The highest BCUT2D eigenvalue weighted by atomic mass is 32.1. The lowest BCUT2D eigenvalue weighted by molar-refractivity contribution is -0.117. The number of thiazole rings is 1. The van der Waals surface area contributed by atoms with Crippen LogP contribution in [0.1, 0.15) is 9.67 Å². The predicted octanol–water partition coefficient (Wildman–Crippen LogP) is 0.826. The van der Waals surface area contributed by atoms with E-state index in [-0.39, 0.29) is 12.5 Å². The SMILES string of the molecule is NC(=O)CNC(=O)c1cc2c(nc3sccn32)s1. The Balaban J connectivity index is 1.95. The highest BCUT2D eigenvalue weighted by Crippen LogP contribution is 2.27. The molecule has 6 nitrogen and oxygen atoms in total. The molecule has 92 valence electrons. The van der Waals surface area contributed by atoms with E-state index in [9.17, 15) is 9.59 Å². The number of nitrogens with two attached hydrogens (primary N) is 1. The van der Waals surface area contributed by atoms with Gasteiger partial charge in [-0.1, -0.05) is 0 Å². The third-order valence-corrected chi connectivity index (χ3v) is 4.16. The summed E-state index contributed by atoms with van der Waals surface area (Å²) in [6.07, 6.45) is 1.91. The van der Waals surface area contributed by atoms with E-state index in [1.54, 1.807) is 17.4 Å². The Kier molecular flexibility index (Phi) is 2.53. The van der Waals surface area contributed by atoms with Gasteiger partial charge in [0.25, 0.3) is 5.91 Å². The molecule has 2 amide bonds. The first-order chi connectivity index (χ1) is 8.65. The molecule has 0 aliphatic heterocycles. The first kappa shape index (κ1) is 11.2. The lowest BCUT2D eigenvalue weighted by atomic mass is 10.4. The zero-order chi connectivity index (χ0) is 12.7. The van der Waals surface area contributed by atoms with E-state index in [0.29, 0.717) is 4.88 Å². The Morgan fingerprint density at radius 1 is 1.50 bits per heavy atom. The molecule has 0 fully saturated rings. The molecular formula is C10H8N4O2S2. The number of rotatable bonds is 3. The van der Waals surface area contributed by atoms with Gasteiger partial charge < -0.3 is 11.1 Å². The van der Waals surface area contributed by atoms with Crippen LogP contribution in [-0.4, -0.2) is 27.7 Å². The summed E-state index contributed by atoms with van der Waals surface area (Å²) >= 11 is 2.84. The number of aromatic nitrogens is 2. The first-order valence-electron chi connectivity index (χ1n) is 5.07. The smallest absolute Gasteiger partial charge is 0.261 e. The summed E-state index contributed by atoms with van der Waals surface area (Å²) in [7, 11) is 0. The van der Waals surface area contributed by atoms with Gasteiger partial charge >= 0.3 is 0 Å². The van der Waals surface area contributed by atoms with Crippen LogP contribution in [0.2, 0.25) is 0 Å². The molecule has 3 heterocycles. The van der Waals surface area contributed by atoms with Crippen LogP contribution in [0.15, 0.2) is 17.6 Å². The predicted molar refractivity (Wildman–Crippen MR) is 70.0 cm³/mol. The largest absolute Gasteiger partial charge is 0.368 e. The number of thiophene rings is 1. The molecule has 0 bridgehead atoms. The van der Waals surface area contributed by atoms with E-state index in [4.69, 9.17) is 5.73 Å². The maximum absolute atomic E-state index is 11.7. The summed E-state index contributed by atoms with van der Waals surface area (Å²) in [5.74, 6) is -0.868. The van der Waals surface area contributed by atoms with Crippen LogP contribution in [0, 0.1) is 0 Å². The van der Waals surface area contributed by atoms with Crippen molar-refractivity contribution in [3.8, 4) is 0 Å².